The Balaban J connectivity index is 1.67. The summed E-state index contributed by atoms with van der Waals surface area (Å²) in [5.41, 5.74) is 5.42. The topological polar surface area (TPSA) is 118 Å². The lowest BCUT2D eigenvalue weighted by molar-refractivity contribution is -0.274. The summed E-state index contributed by atoms with van der Waals surface area (Å²) in [7, 11) is 0. The number of rotatable bonds is 7. The van der Waals surface area contributed by atoms with Gasteiger partial charge in [0.15, 0.2) is 5.75 Å². The maximum absolute atomic E-state index is 13.4. The zero-order valence-electron chi connectivity index (χ0n) is 20.4. The number of alkyl halides is 3. The van der Waals surface area contributed by atoms with Crippen LogP contribution in [0.4, 0.5) is 29.3 Å². The second kappa shape index (κ2) is 10.1. The van der Waals surface area contributed by atoms with Crippen molar-refractivity contribution < 1.29 is 32.3 Å². The van der Waals surface area contributed by atoms with Crippen molar-refractivity contribution in [2.24, 2.45) is 5.73 Å². The Morgan fingerprint density at radius 2 is 1.74 bits per heavy atom. The number of nitrogens with two attached hydrogens (primary N) is 1. The molecule has 1 aromatic heterocycles. The van der Waals surface area contributed by atoms with Crippen molar-refractivity contribution in [3.05, 3.63) is 84.2 Å². The van der Waals surface area contributed by atoms with E-state index < -0.39 is 47.2 Å². The van der Waals surface area contributed by atoms with Gasteiger partial charge in [-0.15, -0.1) is 13.2 Å². The third kappa shape index (κ3) is 5.44. The Morgan fingerprint density at radius 1 is 1.08 bits per heavy atom. The number of urea groups is 1. The Kier molecular flexibility index (Phi) is 7.09. The SMILES string of the molecule is CC1(C)C(=O)N(c2ccc(OC(F)(F)F)c(NC(=O)C(N)c3ccccc3)c2)C(=O)N1Cc1ccncc1. The number of amides is 4. The summed E-state index contributed by atoms with van der Waals surface area (Å²) >= 11 is 0. The lowest BCUT2D eigenvalue weighted by Gasteiger charge is -2.27. The van der Waals surface area contributed by atoms with Gasteiger partial charge in [0.2, 0.25) is 5.91 Å². The standard InChI is InChI=1S/C26H24F3N5O4/c1-25(2)23(36)34(24(37)33(25)15-16-10-12-31-13-11-16)18-8-9-20(38-26(27,28)29)19(14-18)32-22(35)21(30)17-6-4-3-5-7-17/h3-14,21H,15,30H2,1-2H3,(H,32,35). The molecule has 0 bridgehead atoms. The fourth-order valence-corrected chi connectivity index (χ4v) is 3.99. The number of carbonyl (C=O) groups is 3. The Bertz CT molecular complexity index is 1350. The van der Waals surface area contributed by atoms with Crippen LogP contribution in [0, 0.1) is 0 Å². The van der Waals surface area contributed by atoms with Crippen LogP contribution in [0.15, 0.2) is 73.1 Å². The van der Waals surface area contributed by atoms with E-state index in [1.165, 1.54) is 4.90 Å². The van der Waals surface area contributed by atoms with Crippen LogP contribution in [0.5, 0.6) is 5.75 Å². The van der Waals surface area contributed by atoms with E-state index in [9.17, 15) is 27.6 Å². The van der Waals surface area contributed by atoms with Crippen molar-refractivity contribution in [2.45, 2.75) is 38.3 Å². The number of halogens is 3. The minimum absolute atomic E-state index is 0.0524. The Morgan fingerprint density at radius 3 is 2.37 bits per heavy atom. The first-order valence-corrected chi connectivity index (χ1v) is 11.4. The number of imide groups is 1. The van der Waals surface area contributed by atoms with Crippen LogP contribution in [0.2, 0.25) is 0 Å². The molecule has 0 spiro atoms. The van der Waals surface area contributed by atoms with Gasteiger partial charge in [-0.25, -0.2) is 9.69 Å². The van der Waals surface area contributed by atoms with E-state index in [4.69, 9.17) is 5.73 Å². The highest BCUT2D eigenvalue weighted by molar-refractivity contribution is 6.23. The van der Waals surface area contributed by atoms with E-state index >= 15 is 0 Å². The van der Waals surface area contributed by atoms with Crippen molar-refractivity contribution >= 4 is 29.2 Å². The van der Waals surface area contributed by atoms with Crippen LogP contribution < -0.4 is 20.7 Å². The lowest BCUT2D eigenvalue weighted by Crippen LogP contribution is -2.43. The minimum Gasteiger partial charge on any atom is -0.404 e. The molecule has 9 nitrogen and oxygen atoms in total. The highest BCUT2D eigenvalue weighted by atomic mass is 19.4. The van der Waals surface area contributed by atoms with Crippen molar-refractivity contribution in [1.82, 2.24) is 9.88 Å². The molecule has 4 amide bonds. The number of hydrogen-bond donors (Lipinski definition) is 2. The molecule has 0 aliphatic carbocycles. The molecule has 0 saturated carbocycles. The highest BCUT2D eigenvalue weighted by Crippen LogP contribution is 2.38. The summed E-state index contributed by atoms with van der Waals surface area (Å²) in [4.78, 5) is 45.6. The zero-order valence-corrected chi connectivity index (χ0v) is 20.4. The van der Waals surface area contributed by atoms with Crippen molar-refractivity contribution in [3.63, 3.8) is 0 Å². The molecule has 2 heterocycles. The summed E-state index contributed by atoms with van der Waals surface area (Å²) in [6, 6.07) is 12.9. The molecule has 1 atom stereocenters. The first-order chi connectivity index (χ1) is 17.9. The zero-order chi connectivity index (χ0) is 27.7. The van der Waals surface area contributed by atoms with Crippen molar-refractivity contribution in [2.75, 3.05) is 10.2 Å². The number of nitrogens with one attached hydrogen (secondary N) is 1. The third-order valence-corrected chi connectivity index (χ3v) is 6.06. The van der Waals surface area contributed by atoms with Gasteiger partial charge in [-0.3, -0.25) is 14.6 Å². The molecular formula is C26H24F3N5O4. The number of hydrogen-bond acceptors (Lipinski definition) is 6. The summed E-state index contributed by atoms with van der Waals surface area (Å²) in [6.45, 7) is 3.23. The van der Waals surface area contributed by atoms with Crippen molar-refractivity contribution in [3.8, 4) is 5.75 Å². The van der Waals surface area contributed by atoms with Crippen LogP contribution in [-0.4, -0.2) is 39.6 Å². The average molecular weight is 528 g/mol. The molecule has 1 fully saturated rings. The second-order valence-electron chi connectivity index (χ2n) is 9.03. The lowest BCUT2D eigenvalue weighted by atomic mass is 10.0. The van der Waals surface area contributed by atoms with Gasteiger partial charge in [-0.05, 0) is 55.3 Å². The molecule has 12 heteroatoms. The summed E-state index contributed by atoms with van der Waals surface area (Å²) < 4.78 is 43.3. The van der Waals surface area contributed by atoms with Crippen molar-refractivity contribution in [1.29, 1.82) is 0 Å². The number of aromatic nitrogens is 1. The molecule has 4 rings (SSSR count). The van der Waals surface area contributed by atoms with E-state index in [0.29, 0.717) is 5.56 Å². The number of nitrogens with zero attached hydrogens (tertiary/aromatic N) is 3. The van der Waals surface area contributed by atoms with Crippen LogP contribution in [-0.2, 0) is 16.1 Å². The average Bonchev–Trinajstić information content (AvgIpc) is 3.04. The summed E-state index contributed by atoms with van der Waals surface area (Å²) in [5.74, 6) is -2.15. The minimum atomic E-state index is -5.06. The molecule has 1 aliphatic heterocycles. The number of pyridine rings is 1. The number of carbonyl (C=O) groups excluding carboxylic acids is 3. The molecule has 198 valence electrons. The van der Waals surface area contributed by atoms with Gasteiger partial charge in [-0.1, -0.05) is 30.3 Å². The maximum atomic E-state index is 13.4. The maximum Gasteiger partial charge on any atom is 0.573 e. The van der Waals surface area contributed by atoms with Crippen LogP contribution in [0.25, 0.3) is 0 Å². The molecule has 38 heavy (non-hydrogen) atoms. The normalized spacial score (nSPS) is 15.9. The highest BCUT2D eigenvalue weighted by Gasteiger charge is 2.52. The quantitative estimate of drug-likeness (QED) is 0.441. The number of anilines is 2. The predicted octanol–water partition coefficient (Wildman–Crippen LogP) is 4.37. The molecule has 0 radical (unpaired) electrons. The van der Waals surface area contributed by atoms with Gasteiger partial charge in [0, 0.05) is 18.9 Å². The van der Waals surface area contributed by atoms with Gasteiger partial charge in [-0.2, -0.15) is 0 Å². The third-order valence-electron chi connectivity index (χ3n) is 6.06. The Hall–Kier alpha value is -4.45. The fraction of sp³-hybridized carbons (Fsp3) is 0.231. The monoisotopic (exact) mass is 527 g/mol. The molecular weight excluding hydrogens is 503 g/mol. The van der Waals surface area contributed by atoms with E-state index in [1.54, 1.807) is 68.7 Å². The van der Waals surface area contributed by atoms with E-state index in [2.05, 4.69) is 15.0 Å². The molecule has 1 aliphatic rings. The first-order valence-electron chi connectivity index (χ1n) is 11.4. The van der Waals surface area contributed by atoms with Gasteiger partial charge in [0.1, 0.15) is 11.6 Å². The van der Waals surface area contributed by atoms with Gasteiger partial charge in [0.25, 0.3) is 5.91 Å². The largest absolute Gasteiger partial charge is 0.573 e. The second-order valence-corrected chi connectivity index (χ2v) is 9.03. The molecule has 1 saturated heterocycles. The van der Waals surface area contributed by atoms with E-state index in [1.807, 2.05) is 0 Å². The van der Waals surface area contributed by atoms with E-state index in [-0.39, 0.29) is 12.2 Å². The van der Waals surface area contributed by atoms with Crippen LogP contribution >= 0.6 is 0 Å². The van der Waals surface area contributed by atoms with Crippen LogP contribution in [0.3, 0.4) is 0 Å². The number of ether oxygens (including phenoxy) is 1. The fourth-order valence-electron chi connectivity index (χ4n) is 3.99. The molecule has 2 aromatic carbocycles. The van der Waals surface area contributed by atoms with E-state index in [0.717, 1.165) is 28.7 Å². The summed E-state index contributed by atoms with van der Waals surface area (Å²) in [6.07, 6.45) is -1.96. The van der Waals surface area contributed by atoms with Crippen LogP contribution in [0.1, 0.15) is 31.0 Å². The van der Waals surface area contributed by atoms with Gasteiger partial charge in [0.05, 0.1) is 11.4 Å². The van der Waals surface area contributed by atoms with Gasteiger partial charge < -0.3 is 20.7 Å². The molecule has 1 unspecified atom stereocenters. The first kappa shape index (κ1) is 26.6. The Labute approximate surface area is 216 Å². The smallest absolute Gasteiger partial charge is 0.404 e. The predicted molar refractivity (Wildman–Crippen MR) is 132 cm³/mol. The molecule has 3 N–H and O–H groups in total. The summed E-state index contributed by atoms with van der Waals surface area (Å²) in [5, 5.41) is 2.34. The number of benzene rings is 2. The molecule has 3 aromatic rings. The van der Waals surface area contributed by atoms with Gasteiger partial charge >= 0.3 is 12.4 Å².